The Morgan fingerprint density at radius 3 is 2.44 bits per heavy atom. The first-order chi connectivity index (χ1) is 15.5. The fraction of sp³-hybridized carbons (Fsp3) is 0.440. The molecule has 3 N–H and O–H groups in total. The second-order valence-corrected chi connectivity index (χ2v) is 9.22. The summed E-state index contributed by atoms with van der Waals surface area (Å²) in [5.41, 5.74) is 2.08. The Balaban J connectivity index is 1.08. The average molecular weight is 436 g/mol. The van der Waals surface area contributed by atoms with Gasteiger partial charge < -0.3 is 25.4 Å². The highest BCUT2D eigenvalue weighted by Gasteiger charge is 2.46. The van der Waals surface area contributed by atoms with Crippen molar-refractivity contribution >= 4 is 17.7 Å². The van der Waals surface area contributed by atoms with Crippen molar-refractivity contribution in [3.05, 3.63) is 65.7 Å². The molecule has 2 aliphatic heterocycles. The maximum absolute atomic E-state index is 12.6. The Morgan fingerprint density at radius 1 is 1.03 bits per heavy atom. The van der Waals surface area contributed by atoms with Crippen molar-refractivity contribution in [3.63, 3.8) is 0 Å². The molecular weight excluding hydrogens is 406 g/mol. The second-order valence-electron chi connectivity index (χ2n) is 9.22. The lowest BCUT2D eigenvalue weighted by Gasteiger charge is -2.38. The number of carbonyl (C=O) groups excluding carboxylic acids is 1. The summed E-state index contributed by atoms with van der Waals surface area (Å²) >= 11 is 0. The molecule has 1 saturated carbocycles. The molecule has 1 unspecified atom stereocenters. The van der Waals surface area contributed by atoms with E-state index in [0.29, 0.717) is 36.8 Å². The lowest BCUT2D eigenvalue weighted by molar-refractivity contribution is -0.0355. The van der Waals surface area contributed by atoms with Crippen LogP contribution in [-0.4, -0.2) is 59.4 Å². The van der Waals surface area contributed by atoms with E-state index in [4.69, 9.17) is 9.84 Å². The summed E-state index contributed by atoms with van der Waals surface area (Å²) < 4.78 is 6.27. The lowest BCUT2D eigenvalue weighted by atomic mass is 9.87. The van der Waals surface area contributed by atoms with E-state index in [1.807, 2.05) is 4.90 Å². The van der Waals surface area contributed by atoms with Gasteiger partial charge in [0.1, 0.15) is 0 Å². The van der Waals surface area contributed by atoms with Crippen LogP contribution in [0.5, 0.6) is 0 Å². The highest BCUT2D eigenvalue weighted by molar-refractivity contribution is 5.91. The maximum atomic E-state index is 12.6. The first kappa shape index (κ1) is 21.0. The number of benzene rings is 2. The summed E-state index contributed by atoms with van der Waals surface area (Å²) in [5.74, 6) is -0.367. The number of ether oxygens (including phenoxy) is 1. The van der Waals surface area contributed by atoms with Crippen LogP contribution in [0.15, 0.2) is 54.6 Å². The normalized spacial score (nSPS) is 26.1. The zero-order chi connectivity index (χ0) is 22.1. The van der Waals surface area contributed by atoms with Gasteiger partial charge in [0.25, 0.3) is 0 Å². The minimum Gasteiger partial charge on any atom is -0.478 e. The van der Waals surface area contributed by atoms with E-state index < -0.39 is 5.97 Å². The molecule has 3 fully saturated rings. The molecule has 2 saturated heterocycles. The zero-order valence-electron chi connectivity index (χ0n) is 18.0. The SMILES string of the molecule is O=C(O)c1ccc(NC(=O)N2CCC3(CC2)CC(N[C@@H]2C[C@H]2c2ccccc2)CO3)cc1. The molecule has 2 amide bonds. The van der Waals surface area contributed by atoms with Crippen molar-refractivity contribution in [1.29, 1.82) is 0 Å². The number of rotatable bonds is 5. The Morgan fingerprint density at radius 2 is 1.75 bits per heavy atom. The number of urea groups is 1. The highest BCUT2D eigenvalue weighted by atomic mass is 16.5. The number of likely N-dealkylation sites (tertiary alicyclic amines) is 1. The Labute approximate surface area is 187 Å². The molecule has 7 nitrogen and oxygen atoms in total. The minimum absolute atomic E-state index is 0.130. The third-order valence-corrected chi connectivity index (χ3v) is 7.02. The summed E-state index contributed by atoms with van der Waals surface area (Å²) in [6.07, 6.45) is 3.86. The quantitative estimate of drug-likeness (QED) is 0.666. The highest BCUT2D eigenvalue weighted by Crippen LogP contribution is 2.43. The summed E-state index contributed by atoms with van der Waals surface area (Å²) in [6.45, 7) is 2.05. The molecule has 168 valence electrons. The number of amides is 2. The van der Waals surface area contributed by atoms with Gasteiger partial charge in [0.15, 0.2) is 0 Å². The number of anilines is 1. The predicted molar refractivity (Wildman–Crippen MR) is 121 cm³/mol. The summed E-state index contributed by atoms with van der Waals surface area (Å²) in [6, 6.07) is 17.7. The number of nitrogens with one attached hydrogen (secondary N) is 2. The summed E-state index contributed by atoms with van der Waals surface area (Å²) in [5, 5.41) is 15.6. The van der Waals surface area contributed by atoms with Crippen molar-refractivity contribution in [2.24, 2.45) is 0 Å². The van der Waals surface area contributed by atoms with Gasteiger partial charge in [-0.1, -0.05) is 30.3 Å². The van der Waals surface area contributed by atoms with Crippen molar-refractivity contribution in [2.45, 2.75) is 49.3 Å². The molecule has 1 spiro atoms. The zero-order valence-corrected chi connectivity index (χ0v) is 18.0. The maximum Gasteiger partial charge on any atom is 0.335 e. The van der Waals surface area contributed by atoms with E-state index in [0.717, 1.165) is 25.9 Å². The number of aromatic carboxylic acids is 1. The number of piperidine rings is 1. The molecule has 2 aromatic carbocycles. The standard InChI is InChI=1S/C25H29N3O4/c29-23(30)18-6-8-19(9-7-18)27-24(31)28-12-10-25(11-13-28)15-20(16-32-25)26-22-14-21(22)17-4-2-1-3-5-17/h1-9,20-22,26H,10-16H2,(H,27,31)(H,29,30)/t20?,21-,22+/m0/s1. The van der Waals surface area contributed by atoms with Crippen molar-refractivity contribution in [1.82, 2.24) is 10.2 Å². The molecular formula is C25H29N3O4. The number of nitrogens with zero attached hydrogens (tertiary/aromatic N) is 1. The largest absolute Gasteiger partial charge is 0.478 e. The van der Waals surface area contributed by atoms with E-state index in [-0.39, 0.29) is 17.2 Å². The van der Waals surface area contributed by atoms with E-state index in [1.165, 1.54) is 24.1 Å². The van der Waals surface area contributed by atoms with Gasteiger partial charge in [-0.25, -0.2) is 9.59 Å². The van der Waals surface area contributed by atoms with Gasteiger partial charge in [0.2, 0.25) is 0 Å². The Kier molecular flexibility index (Phi) is 5.61. The van der Waals surface area contributed by atoms with Crippen LogP contribution < -0.4 is 10.6 Å². The van der Waals surface area contributed by atoms with Crippen molar-refractivity contribution in [3.8, 4) is 0 Å². The van der Waals surface area contributed by atoms with Crippen LogP contribution in [0.1, 0.15) is 47.5 Å². The van der Waals surface area contributed by atoms with Gasteiger partial charge >= 0.3 is 12.0 Å². The van der Waals surface area contributed by atoms with Crippen LogP contribution in [0, 0.1) is 0 Å². The fourth-order valence-electron chi connectivity index (χ4n) is 5.07. The number of carbonyl (C=O) groups is 2. The van der Waals surface area contributed by atoms with E-state index in [9.17, 15) is 9.59 Å². The third-order valence-electron chi connectivity index (χ3n) is 7.02. The predicted octanol–water partition coefficient (Wildman–Crippen LogP) is 3.69. The van der Waals surface area contributed by atoms with Gasteiger partial charge in [-0.15, -0.1) is 0 Å². The van der Waals surface area contributed by atoms with Crippen LogP contribution in [0.25, 0.3) is 0 Å². The molecule has 7 heteroatoms. The molecule has 5 rings (SSSR count). The molecule has 32 heavy (non-hydrogen) atoms. The van der Waals surface area contributed by atoms with Crippen LogP contribution in [0.2, 0.25) is 0 Å². The topological polar surface area (TPSA) is 90.9 Å². The molecule has 0 radical (unpaired) electrons. The van der Waals surface area contributed by atoms with Crippen LogP contribution in [-0.2, 0) is 4.74 Å². The van der Waals surface area contributed by atoms with E-state index in [2.05, 4.69) is 41.0 Å². The summed E-state index contributed by atoms with van der Waals surface area (Å²) in [7, 11) is 0. The second kappa shape index (κ2) is 8.56. The Hall–Kier alpha value is -2.90. The Bertz CT molecular complexity index is 970. The molecule has 0 aromatic heterocycles. The van der Waals surface area contributed by atoms with Crippen LogP contribution >= 0.6 is 0 Å². The van der Waals surface area contributed by atoms with Crippen molar-refractivity contribution < 1.29 is 19.4 Å². The molecule has 0 bridgehead atoms. The lowest BCUT2D eigenvalue weighted by Crippen LogP contribution is -2.48. The number of carboxylic acids is 1. The molecule has 3 aliphatic rings. The fourth-order valence-corrected chi connectivity index (χ4v) is 5.07. The van der Waals surface area contributed by atoms with E-state index in [1.54, 1.807) is 12.1 Å². The van der Waals surface area contributed by atoms with Gasteiger partial charge in [0, 0.05) is 36.8 Å². The van der Waals surface area contributed by atoms with Gasteiger partial charge in [-0.3, -0.25) is 0 Å². The van der Waals surface area contributed by atoms with Gasteiger partial charge in [-0.05, 0) is 55.5 Å². The third kappa shape index (κ3) is 4.49. The average Bonchev–Trinajstić information content (AvgIpc) is 3.47. The minimum atomic E-state index is -0.981. The monoisotopic (exact) mass is 435 g/mol. The van der Waals surface area contributed by atoms with Crippen LogP contribution in [0.4, 0.5) is 10.5 Å². The molecule has 1 aliphatic carbocycles. The van der Waals surface area contributed by atoms with Crippen LogP contribution in [0.3, 0.4) is 0 Å². The van der Waals surface area contributed by atoms with Gasteiger partial charge in [-0.2, -0.15) is 0 Å². The van der Waals surface area contributed by atoms with E-state index >= 15 is 0 Å². The molecule has 3 atom stereocenters. The smallest absolute Gasteiger partial charge is 0.335 e. The molecule has 2 heterocycles. The first-order valence-corrected chi connectivity index (χ1v) is 11.4. The molecule has 2 aromatic rings. The van der Waals surface area contributed by atoms with Gasteiger partial charge in [0.05, 0.1) is 17.8 Å². The number of hydrogen-bond acceptors (Lipinski definition) is 4. The summed E-state index contributed by atoms with van der Waals surface area (Å²) in [4.78, 5) is 25.4. The van der Waals surface area contributed by atoms with Crippen molar-refractivity contribution in [2.75, 3.05) is 25.0 Å². The first-order valence-electron chi connectivity index (χ1n) is 11.4. The number of carboxylic acid groups (broad SMARTS) is 1. The number of hydrogen-bond donors (Lipinski definition) is 3.